The van der Waals surface area contributed by atoms with Gasteiger partial charge in [-0.15, -0.1) is 0 Å². The van der Waals surface area contributed by atoms with Crippen molar-refractivity contribution in [1.29, 1.82) is 0 Å². The van der Waals surface area contributed by atoms with Crippen LogP contribution in [0.25, 0.3) is 0 Å². The van der Waals surface area contributed by atoms with Crippen LogP contribution in [0.5, 0.6) is 0 Å². The van der Waals surface area contributed by atoms with Crippen LogP contribution in [0.15, 0.2) is 16.8 Å². The average molecular weight is 316 g/mol. The molecule has 2 atom stereocenters. The maximum atomic E-state index is 12.4. The van der Waals surface area contributed by atoms with Gasteiger partial charge in [0.25, 0.3) is 0 Å². The second-order valence-electron chi connectivity index (χ2n) is 5.13. The molecule has 5 nitrogen and oxygen atoms in total. The number of thiophene rings is 1. The number of rotatable bonds is 6. The molecule has 0 spiro atoms. The first kappa shape index (κ1) is 15.5. The van der Waals surface area contributed by atoms with Crippen LogP contribution < -0.4 is 5.32 Å². The normalized spacial score (nSPS) is 23.5. The summed E-state index contributed by atoms with van der Waals surface area (Å²) in [7, 11) is -3.08. The van der Waals surface area contributed by atoms with Crippen LogP contribution in [-0.2, 0) is 14.6 Å². The molecule has 1 aromatic rings. The highest BCUT2D eigenvalue weighted by Crippen LogP contribution is 2.28. The van der Waals surface area contributed by atoms with Crippen LogP contribution in [0.4, 0.5) is 0 Å². The van der Waals surface area contributed by atoms with Crippen LogP contribution >= 0.6 is 11.3 Å². The van der Waals surface area contributed by atoms with Crippen molar-refractivity contribution in [3.05, 3.63) is 22.4 Å². The van der Waals surface area contributed by atoms with E-state index in [1.54, 1.807) is 16.2 Å². The third-order valence-corrected chi connectivity index (χ3v) is 5.02. The van der Waals surface area contributed by atoms with Crippen molar-refractivity contribution in [1.82, 2.24) is 10.2 Å². The molecule has 0 radical (unpaired) electrons. The van der Waals surface area contributed by atoms with Gasteiger partial charge < -0.3 is 4.90 Å². The molecule has 2 rings (SSSR count). The summed E-state index contributed by atoms with van der Waals surface area (Å²) in [6.45, 7) is 2.28. The molecule has 1 N–H and O–H groups in total. The molecular weight excluding hydrogens is 296 g/mol. The molecule has 1 fully saturated rings. The highest BCUT2D eigenvalue weighted by Gasteiger charge is 2.39. The van der Waals surface area contributed by atoms with E-state index in [-0.39, 0.29) is 30.4 Å². The van der Waals surface area contributed by atoms with Crippen LogP contribution in [0.3, 0.4) is 0 Å². The lowest BCUT2D eigenvalue weighted by Crippen LogP contribution is -2.34. The molecule has 0 aliphatic carbocycles. The molecule has 0 bridgehead atoms. The Kier molecular flexibility index (Phi) is 4.82. The van der Waals surface area contributed by atoms with Crippen molar-refractivity contribution in [2.75, 3.05) is 18.6 Å². The monoisotopic (exact) mass is 316 g/mol. The molecule has 0 aromatic carbocycles. The van der Waals surface area contributed by atoms with Gasteiger partial charge in [0.2, 0.25) is 5.91 Å². The van der Waals surface area contributed by atoms with Crippen LogP contribution in [0.1, 0.15) is 31.5 Å². The molecule has 112 valence electrons. The van der Waals surface area contributed by atoms with Crippen LogP contribution in [0.2, 0.25) is 0 Å². The molecule has 1 aliphatic rings. The number of hydrogen-bond donors (Lipinski definition) is 1. The van der Waals surface area contributed by atoms with E-state index in [4.69, 9.17) is 0 Å². The van der Waals surface area contributed by atoms with Gasteiger partial charge in [0.15, 0.2) is 0 Å². The first-order valence-corrected chi connectivity index (χ1v) is 9.69. The van der Waals surface area contributed by atoms with Crippen molar-refractivity contribution >= 4 is 27.1 Å². The SMILES string of the molecule is CCCC1NC(c2ccsc2)N(CCS(C)(=O)=O)C1=O. The standard InChI is InChI=1S/C13H20N2O3S2/c1-3-4-11-13(16)15(6-8-20(2,17)18)12(14-11)10-5-7-19-9-10/h5,7,9,11-12,14H,3-4,6,8H2,1-2H3. The summed E-state index contributed by atoms with van der Waals surface area (Å²) >= 11 is 1.57. The Morgan fingerprint density at radius 2 is 2.20 bits per heavy atom. The van der Waals surface area contributed by atoms with Gasteiger partial charge in [-0.1, -0.05) is 13.3 Å². The van der Waals surface area contributed by atoms with Crippen molar-refractivity contribution in [3.8, 4) is 0 Å². The van der Waals surface area contributed by atoms with Crippen molar-refractivity contribution in [2.24, 2.45) is 0 Å². The van der Waals surface area contributed by atoms with E-state index < -0.39 is 9.84 Å². The fraction of sp³-hybridized carbons (Fsp3) is 0.615. The summed E-state index contributed by atoms with van der Waals surface area (Å²) in [5, 5.41) is 7.27. The fourth-order valence-corrected chi connectivity index (χ4v) is 3.59. The molecule has 1 amide bonds. The maximum Gasteiger partial charge on any atom is 0.241 e. The quantitative estimate of drug-likeness (QED) is 0.861. The molecule has 1 aromatic heterocycles. The van der Waals surface area contributed by atoms with Gasteiger partial charge >= 0.3 is 0 Å². The Morgan fingerprint density at radius 1 is 1.45 bits per heavy atom. The molecule has 7 heteroatoms. The minimum absolute atomic E-state index is 0.0000971. The smallest absolute Gasteiger partial charge is 0.241 e. The van der Waals surface area contributed by atoms with Crippen LogP contribution in [-0.4, -0.2) is 43.8 Å². The molecule has 20 heavy (non-hydrogen) atoms. The van der Waals surface area contributed by atoms with Gasteiger partial charge in [-0.05, 0) is 28.8 Å². The van der Waals surface area contributed by atoms with Gasteiger partial charge in [0, 0.05) is 12.8 Å². The van der Waals surface area contributed by atoms with Gasteiger partial charge in [-0.25, -0.2) is 8.42 Å². The second-order valence-corrected chi connectivity index (χ2v) is 8.17. The summed E-state index contributed by atoms with van der Waals surface area (Å²) in [5.41, 5.74) is 1.02. The summed E-state index contributed by atoms with van der Waals surface area (Å²) in [4.78, 5) is 14.0. The Balaban J connectivity index is 2.17. The lowest BCUT2D eigenvalue weighted by molar-refractivity contribution is -0.130. The molecule has 1 saturated heterocycles. The molecule has 1 aliphatic heterocycles. The lowest BCUT2D eigenvalue weighted by atomic mass is 10.2. The van der Waals surface area contributed by atoms with Gasteiger partial charge in [-0.2, -0.15) is 11.3 Å². The number of nitrogens with one attached hydrogen (secondary N) is 1. The predicted molar refractivity (Wildman–Crippen MR) is 80.3 cm³/mol. The maximum absolute atomic E-state index is 12.4. The molecular formula is C13H20N2O3S2. The zero-order chi connectivity index (χ0) is 14.8. The van der Waals surface area contributed by atoms with E-state index in [0.717, 1.165) is 18.4 Å². The predicted octanol–water partition coefficient (Wildman–Crippen LogP) is 1.39. The van der Waals surface area contributed by atoms with Crippen molar-refractivity contribution in [2.45, 2.75) is 32.0 Å². The third-order valence-electron chi connectivity index (χ3n) is 3.39. The van der Waals surface area contributed by atoms with E-state index in [9.17, 15) is 13.2 Å². The zero-order valence-electron chi connectivity index (χ0n) is 11.7. The highest BCUT2D eigenvalue weighted by molar-refractivity contribution is 7.90. The molecule has 2 unspecified atom stereocenters. The Hall–Kier alpha value is -0.920. The Labute approximate surface area is 123 Å². The van der Waals surface area contributed by atoms with E-state index in [1.807, 2.05) is 23.8 Å². The summed E-state index contributed by atoms with van der Waals surface area (Å²) in [6, 6.07) is 1.77. The summed E-state index contributed by atoms with van der Waals surface area (Å²) < 4.78 is 22.7. The molecule has 2 heterocycles. The van der Waals surface area contributed by atoms with Gasteiger partial charge in [-0.3, -0.25) is 10.1 Å². The number of amides is 1. The minimum Gasteiger partial charge on any atom is -0.321 e. The summed E-state index contributed by atoms with van der Waals surface area (Å²) in [6.07, 6.45) is 2.69. The number of nitrogens with zero attached hydrogens (tertiary/aromatic N) is 1. The van der Waals surface area contributed by atoms with E-state index in [1.165, 1.54) is 6.26 Å². The fourth-order valence-electron chi connectivity index (χ4n) is 2.38. The van der Waals surface area contributed by atoms with E-state index in [0.29, 0.717) is 0 Å². The van der Waals surface area contributed by atoms with E-state index >= 15 is 0 Å². The second kappa shape index (κ2) is 6.24. The first-order valence-electron chi connectivity index (χ1n) is 6.68. The van der Waals surface area contributed by atoms with Gasteiger partial charge in [0.05, 0.1) is 11.8 Å². The number of carbonyl (C=O) groups is 1. The van der Waals surface area contributed by atoms with Crippen molar-refractivity contribution in [3.63, 3.8) is 0 Å². The lowest BCUT2D eigenvalue weighted by Gasteiger charge is -2.23. The van der Waals surface area contributed by atoms with E-state index in [2.05, 4.69) is 5.32 Å². The largest absolute Gasteiger partial charge is 0.321 e. The average Bonchev–Trinajstić information content (AvgIpc) is 2.96. The number of hydrogen-bond acceptors (Lipinski definition) is 5. The van der Waals surface area contributed by atoms with Gasteiger partial charge in [0.1, 0.15) is 16.0 Å². The minimum atomic E-state index is -3.08. The third kappa shape index (κ3) is 3.59. The first-order chi connectivity index (χ1) is 9.42. The topological polar surface area (TPSA) is 66.5 Å². The summed E-state index contributed by atoms with van der Waals surface area (Å²) in [5.74, 6) is 0.00611. The Morgan fingerprint density at radius 3 is 2.75 bits per heavy atom. The number of carbonyl (C=O) groups excluding carboxylic acids is 1. The zero-order valence-corrected chi connectivity index (χ0v) is 13.3. The Bertz CT molecular complexity index is 554. The molecule has 0 saturated carbocycles. The van der Waals surface area contributed by atoms with Crippen molar-refractivity contribution < 1.29 is 13.2 Å². The van der Waals surface area contributed by atoms with Crippen LogP contribution in [0, 0.1) is 0 Å². The number of sulfone groups is 1. The highest BCUT2D eigenvalue weighted by atomic mass is 32.2.